The maximum atomic E-state index is 9.26. The number of benzene rings is 1. The fourth-order valence-electron chi connectivity index (χ4n) is 1.44. The van der Waals surface area contributed by atoms with Crippen LogP contribution in [0.25, 0.3) is 10.9 Å². The summed E-state index contributed by atoms with van der Waals surface area (Å²) in [5.74, 6) is 0.248. The standard InChI is InChI=1S/C11H12N2O/c1-2-9(12)11-5-7-3-4-8(14)6-10(7)13-11/h2-6,9,13-14H,1,12H2/t9-/m0/s1. The molecule has 0 bridgehead atoms. The van der Waals surface area contributed by atoms with E-state index < -0.39 is 0 Å². The molecule has 1 aromatic carbocycles. The van der Waals surface area contributed by atoms with Crippen LogP contribution in [0.1, 0.15) is 11.7 Å². The lowest BCUT2D eigenvalue weighted by Gasteiger charge is -2.00. The number of aromatic nitrogens is 1. The Morgan fingerprint density at radius 2 is 2.21 bits per heavy atom. The molecule has 4 N–H and O–H groups in total. The molecule has 0 radical (unpaired) electrons. The number of aromatic hydroxyl groups is 1. The van der Waals surface area contributed by atoms with E-state index in [1.165, 1.54) is 0 Å². The number of hydrogen-bond donors (Lipinski definition) is 3. The van der Waals surface area contributed by atoms with Gasteiger partial charge in [-0.05, 0) is 23.6 Å². The molecular formula is C11H12N2O. The van der Waals surface area contributed by atoms with Crippen LogP contribution in [0, 0.1) is 0 Å². The third-order valence-corrected chi connectivity index (χ3v) is 2.24. The zero-order valence-electron chi connectivity index (χ0n) is 7.70. The van der Waals surface area contributed by atoms with E-state index in [9.17, 15) is 5.11 Å². The van der Waals surface area contributed by atoms with Gasteiger partial charge in [-0.15, -0.1) is 6.58 Å². The zero-order valence-corrected chi connectivity index (χ0v) is 7.70. The molecule has 0 saturated carbocycles. The van der Waals surface area contributed by atoms with Gasteiger partial charge in [-0.1, -0.05) is 6.08 Å². The Morgan fingerprint density at radius 1 is 1.43 bits per heavy atom. The predicted molar refractivity (Wildman–Crippen MR) is 57.1 cm³/mol. The number of phenols is 1. The van der Waals surface area contributed by atoms with Gasteiger partial charge < -0.3 is 15.8 Å². The van der Waals surface area contributed by atoms with Gasteiger partial charge in [0.1, 0.15) is 5.75 Å². The second kappa shape index (κ2) is 3.20. The molecule has 2 aromatic rings. The van der Waals surface area contributed by atoms with Crippen LogP contribution < -0.4 is 5.73 Å². The van der Waals surface area contributed by atoms with Crippen molar-refractivity contribution in [2.45, 2.75) is 6.04 Å². The molecule has 0 fully saturated rings. The summed E-state index contributed by atoms with van der Waals surface area (Å²) in [7, 11) is 0. The van der Waals surface area contributed by atoms with Crippen LogP contribution in [-0.2, 0) is 0 Å². The highest BCUT2D eigenvalue weighted by molar-refractivity contribution is 5.81. The van der Waals surface area contributed by atoms with E-state index in [-0.39, 0.29) is 11.8 Å². The monoisotopic (exact) mass is 188 g/mol. The molecule has 72 valence electrons. The molecule has 1 aromatic heterocycles. The van der Waals surface area contributed by atoms with Crippen LogP contribution in [0.3, 0.4) is 0 Å². The minimum Gasteiger partial charge on any atom is -0.508 e. The van der Waals surface area contributed by atoms with Gasteiger partial charge in [-0.3, -0.25) is 0 Å². The normalized spacial score (nSPS) is 12.9. The van der Waals surface area contributed by atoms with E-state index in [1.54, 1.807) is 18.2 Å². The van der Waals surface area contributed by atoms with Crippen LogP contribution in [0.5, 0.6) is 5.75 Å². The number of phenolic OH excluding ortho intramolecular Hbond substituents is 1. The smallest absolute Gasteiger partial charge is 0.117 e. The fourth-order valence-corrected chi connectivity index (χ4v) is 1.44. The lowest BCUT2D eigenvalue weighted by Crippen LogP contribution is -2.06. The van der Waals surface area contributed by atoms with Crippen molar-refractivity contribution < 1.29 is 5.11 Å². The topological polar surface area (TPSA) is 62.0 Å². The number of nitrogens with one attached hydrogen (secondary N) is 1. The van der Waals surface area contributed by atoms with Crippen LogP contribution >= 0.6 is 0 Å². The van der Waals surface area contributed by atoms with E-state index in [1.807, 2.05) is 12.1 Å². The van der Waals surface area contributed by atoms with E-state index in [0.717, 1.165) is 16.6 Å². The Labute approximate surface area is 81.9 Å². The summed E-state index contributed by atoms with van der Waals surface area (Å²) in [6, 6.07) is 6.94. The number of nitrogens with two attached hydrogens (primary N) is 1. The molecule has 1 heterocycles. The average Bonchev–Trinajstić information content (AvgIpc) is 2.59. The Balaban J connectivity index is 2.56. The molecule has 2 rings (SSSR count). The van der Waals surface area contributed by atoms with Crippen LogP contribution in [0.4, 0.5) is 0 Å². The minimum absolute atomic E-state index is 0.190. The lowest BCUT2D eigenvalue weighted by atomic mass is 10.2. The summed E-state index contributed by atoms with van der Waals surface area (Å²) in [6.07, 6.45) is 1.67. The number of rotatable bonds is 2. The molecule has 14 heavy (non-hydrogen) atoms. The van der Waals surface area contributed by atoms with Crippen LogP contribution in [0.2, 0.25) is 0 Å². The molecule has 0 amide bonds. The molecule has 0 unspecified atom stereocenters. The Hall–Kier alpha value is -1.74. The predicted octanol–water partition coefficient (Wildman–Crippen LogP) is 2.06. The van der Waals surface area contributed by atoms with Gasteiger partial charge in [-0.2, -0.15) is 0 Å². The van der Waals surface area contributed by atoms with Gasteiger partial charge in [0, 0.05) is 17.3 Å². The Bertz CT molecular complexity index is 473. The highest BCUT2D eigenvalue weighted by Gasteiger charge is 2.05. The van der Waals surface area contributed by atoms with E-state index >= 15 is 0 Å². The zero-order chi connectivity index (χ0) is 10.1. The average molecular weight is 188 g/mol. The minimum atomic E-state index is -0.190. The van der Waals surface area contributed by atoms with Crippen molar-refractivity contribution in [1.82, 2.24) is 4.98 Å². The Morgan fingerprint density at radius 3 is 2.93 bits per heavy atom. The lowest BCUT2D eigenvalue weighted by molar-refractivity contribution is 0.476. The SMILES string of the molecule is C=C[C@H](N)c1cc2ccc(O)cc2[nH]1. The number of fused-ring (bicyclic) bond motifs is 1. The second-order valence-corrected chi connectivity index (χ2v) is 3.26. The quantitative estimate of drug-likeness (QED) is 0.632. The van der Waals surface area contributed by atoms with Crippen molar-refractivity contribution in [3.8, 4) is 5.75 Å². The first-order chi connectivity index (χ1) is 6.70. The first-order valence-corrected chi connectivity index (χ1v) is 4.40. The molecule has 0 aliphatic rings. The van der Waals surface area contributed by atoms with Gasteiger partial charge >= 0.3 is 0 Å². The van der Waals surface area contributed by atoms with Crippen molar-refractivity contribution >= 4 is 10.9 Å². The Kier molecular flexibility index (Phi) is 2.02. The first kappa shape index (κ1) is 8.84. The molecule has 0 saturated heterocycles. The molecule has 1 atom stereocenters. The van der Waals surface area contributed by atoms with Gasteiger partial charge in [-0.25, -0.2) is 0 Å². The van der Waals surface area contributed by atoms with Gasteiger partial charge in [0.15, 0.2) is 0 Å². The van der Waals surface area contributed by atoms with Gasteiger partial charge in [0.2, 0.25) is 0 Å². The molecule has 0 aliphatic heterocycles. The van der Waals surface area contributed by atoms with Crippen LogP contribution in [0.15, 0.2) is 36.9 Å². The molecule has 0 aliphatic carbocycles. The maximum Gasteiger partial charge on any atom is 0.117 e. The second-order valence-electron chi connectivity index (χ2n) is 3.26. The van der Waals surface area contributed by atoms with Gasteiger partial charge in [0.05, 0.1) is 6.04 Å². The summed E-state index contributed by atoms with van der Waals surface area (Å²) in [4.78, 5) is 3.13. The van der Waals surface area contributed by atoms with Crippen molar-refractivity contribution in [1.29, 1.82) is 0 Å². The third-order valence-electron chi connectivity index (χ3n) is 2.24. The molecule has 0 spiro atoms. The summed E-state index contributed by atoms with van der Waals surface area (Å²) in [5, 5.41) is 10.3. The van der Waals surface area contributed by atoms with E-state index in [4.69, 9.17) is 5.73 Å². The van der Waals surface area contributed by atoms with Crippen molar-refractivity contribution in [2.75, 3.05) is 0 Å². The van der Waals surface area contributed by atoms with E-state index in [0.29, 0.717) is 0 Å². The van der Waals surface area contributed by atoms with Crippen molar-refractivity contribution in [2.24, 2.45) is 5.73 Å². The molecule has 3 nitrogen and oxygen atoms in total. The van der Waals surface area contributed by atoms with E-state index in [2.05, 4.69) is 11.6 Å². The molecule has 3 heteroatoms. The highest BCUT2D eigenvalue weighted by atomic mass is 16.3. The summed E-state index contributed by atoms with van der Waals surface area (Å²) in [5.41, 5.74) is 7.57. The van der Waals surface area contributed by atoms with Crippen LogP contribution in [-0.4, -0.2) is 10.1 Å². The number of hydrogen-bond acceptors (Lipinski definition) is 2. The largest absolute Gasteiger partial charge is 0.508 e. The first-order valence-electron chi connectivity index (χ1n) is 4.40. The third kappa shape index (κ3) is 1.38. The number of aromatic amines is 1. The summed E-state index contributed by atoms with van der Waals surface area (Å²) < 4.78 is 0. The van der Waals surface area contributed by atoms with Crippen molar-refractivity contribution in [3.63, 3.8) is 0 Å². The highest BCUT2D eigenvalue weighted by Crippen LogP contribution is 2.22. The summed E-state index contributed by atoms with van der Waals surface area (Å²) in [6.45, 7) is 3.63. The summed E-state index contributed by atoms with van der Waals surface area (Å²) >= 11 is 0. The van der Waals surface area contributed by atoms with Gasteiger partial charge in [0.25, 0.3) is 0 Å². The molecular weight excluding hydrogens is 176 g/mol. The van der Waals surface area contributed by atoms with Crippen molar-refractivity contribution in [3.05, 3.63) is 42.6 Å². The maximum absolute atomic E-state index is 9.26. The number of H-pyrrole nitrogens is 1. The fraction of sp³-hybridized carbons (Fsp3) is 0.0909.